The molecule has 0 spiro atoms. The van der Waals surface area contributed by atoms with E-state index in [9.17, 15) is 9.59 Å². The molecule has 5 rings (SSSR count). The predicted octanol–water partition coefficient (Wildman–Crippen LogP) is 2.47. The van der Waals surface area contributed by atoms with Gasteiger partial charge in [-0.1, -0.05) is 18.2 Å². The number of rotatable bonds is 3. The summed E-state index contributed by atoms with van der Waals surface area (Å²) in [5.41, 5.74) is 1.28. The van der Waals surface area contributed by atoms with Crippen molar-refractivity contribution < 1.29 is 14.3 Å². The number of benzene rings is 1. The number of pyridine rings is 1. The van der Waals surface area contributed by atoms with Crippen molar-refractivity contribution in [1.29, 1.82) is 0 Å². The Kier molecular flexibility index (Phi) is 4.79. The fourth-order valence-corrected chi connectivity index (χ4v) is 4.08. The maximum Gasteiger partial charge on any atom is 0.254 e. The van der Waals surface area contributed by atoms with E-state index >= 15 is 0 Å². The molecule has 2 aromatic rings. The Hall–Kier alpha value is -2.89. The second-order valence-corrected chi connectivity index (χ2v) is 7.22. The summed E-state index contributed by atoms with van der Waals surface area (Å²) in [4.78, 5) is 33.9. The first-order valence-corrected chi connectivity index (χ1v) is 9.31. The topological polar surface area (TPSA) is 62.7 Å². The first-order chi connectivity index (χ1) is 13.2. The van der Waals surface area contributed by atoms with Crippen LogP contribution in [0.5, 0.6) is 5.88 Å². The van der Waals surface area contributed by atoms with Gasteiger partial charge in [0.05, 0.1) is 7.11 Å². The minimum atomic E-state index is -0.0144. The van der Waals surface area contributed by atoms with Crippen LogP contribution in [-0.4, -0.2) is 59.4 Å². The van der Waals surface area contributed by atoms with Crippen LogP contribution >= 0.6 is 0 Å². The fourth-order valence-electron chi connectivity index (χ4n) is 4.08. The second kappa shape index (κ2) is 7.39. The minimum absolute atomic E-state index is 0.0144. The second-order valence-electron chi connectivity index (χ2n) is 7.22. The average Bonchev–Trinajstić information content (AvgIpc) is 3.05. The summed E-state index contributed by atoms with van der Waals surface area (Å²) in [5.74, 6) is 0.776. The van der Waals surface area contributed by atoms with Gasteiger partial charge in [-0.05, 0) is 37.0 Å². The van der Waals surface area contributed by atoms with E-state index in [2.05, 4.69) is 4.98 Å². The molecule has 0 saturated carbocycles. The van der Waals surface area contributed by atoms with Crippen LogP contribution < -0.4 is 4.74 Å². The number of ether oxygens (including phenoxy) is 1. The van der Waals surface area contributed by atoms with E-state index in [1.54, 1.807) is 18.3 Å². The highest BCUT2D eigenvalue weighted by atomic mass is 16.5. The third-order valence-corrected chi connectivity index (χ3v) is 5.47. The van der Waals surface area contributed by atoms with Gasteiger partial charge < -0.3 is 14.5 Å². The molecule has 0 radical (unpaired) electrons. The van der Waals surface area contributed by atoms with Gasteiger partial charge in [0.2, 0.25) is 5.88 Å². The lowest BCUT2D eigenvalue weighted by molar-refractivity contribution is 0.0574. The van der Waals surface area contributed by atoms with Crippen molar-refractivity contribution >= 4 is 11.8 Å². The predicted molar refractivity (Wildman–Crippen MR) is 101 cm³/mol. The molecule has 3 aliphatic heterocycles. The van der Waals surface area contributed by atoms with E-state index in [0.717, 1.165) is 12.8 Å². The number of hydrogen-bond donors (Lipinski definition) is 0. The average molecular weight is 365 g/mol. The van der Waals surface area contributed by atoms with Crippen LogP contribution in [0, 0.1) is 5.92 Å². The van der Waals surface area contributed by atoms with Gasteiger partial charge in [-0.15, -0.1) is 0 Å². The van der Waals surface area contributed by atoms with Gasteiger partial charge in [-0.2, -0.15) is 0 Å². The molecular formula is C21H23N3O3. The lowest BCUT2D eigenvalue weighted by Crippen LogP contribution is -2.47. The van der Waals surface area contributed by atoms with Gasteiger partial charge in [0.1, 0.15) is 0 Å². The molecule has 3 saturated heterocycles. The highest BCUT2D eigenvalue weighted by Gasteiger charge is 2.39. The van der Waals surface area contributed by atoms with E-state index in [4.69, 9.17) is 4.74 Å². The lowest BCUT2D eigenvalue weighted by atomic mass is 9.94. The third-order valence-electron chi connectivity index (χ3n) is 5.47. The van der Waals surface area contributed by atoms with Gasteiger partial charge in [-0.25, -0.2) is 4.98 Å². The Labute approximate surface area is 158 Å². The summed E-state index contributed by atoms with van der Waals surface area (Å²) in [6.45, 7) is 1.97. The maximum atomic E-state index is 13.1. The van der Waals surface area contributed by atoms with Crippen molar-refractivity contribution in [2.75, 3.05) is 26.7 Å². The molecule has 4 heterocycles. The van der Waals surface area contributed by atoms with E-state index in [0.29, 0.717) is 42.6 Å². The molecule has 3 aliphatic rings. The Bertz CT molecular complexity index is 840. The third kappa shape index (κ3) is 3.52. The maximum absolute atomic E-state index is 13.1. The molecule has 27 heavy (non-hydrogen) atoms. The Morgan fingerprint density at radius 3 is 2.59 bits per heavy atom. The van der Waals surface area contributed by atoms with Crippen molar-refractivity contribution in [3.8, 4) is 5.88 Å². The van der Waals surface area contributed by atoms with Gasteiger partial charge in [0.25, 0.3) is 11.8 Å². The number of fused-ring (bicyclic) bond motifs is 4. The molecule has 2 bridgehead atoms. The van der Waals surface area contributed by atoms with Gasteiger partial charge >= 0.3 is 0 Å². The summed E-state index contributed by atoms with van der Waals surface area (Å²) in [7, 11) is 1.54. The zero-order valence-corrected chi connectivity index (χ0v) is 15.4. The van der Waals surface area contributed by atoms with Crippen LogP contribution in [0.15, 0.2) is 48.7 Å². The molecule has 140 valence electrons. The smallest absolute Gasteiger partial charge is 0.254 e. The van der Waals surface area contributed by atoms with Crippen molar-refractivity contribution in [3.05, 3.63) is 59.8 Å². The summed E-state index contributed by atoms with van der Waals surface area (Å²) in [6.07, 6.45) is 3.57. The molecule has 6 heteroatoms. The lowest BCUT2D eigenvalue weighted by Gasteiger charge is -2.36. The van der Waals surface area contributed by atoms with Crippen LogP contribution in [0.2, 0.25) is 0 Å². The number of piperidine rings is 1. The minimum Gasteiger partial charge on any atom is -0.481 e. The van der Waals surface area contributed by atoms with E-state index in [1.165, 1.54) is 7.11 Å². The van der Waals surface area contributed by atoms with Crippen LogP contribution in [0.3, 0.4) is 0 Å². The highest BCUT2D eigenvalue weighted by Crippen LogP contribution is 2.30. The Morgan fingerprint density at radius 1 is 1.00 bits per heavy atom. The van der Waals surface area contributed by atoms with Crippen LogP contribution in [-0.2, 0) is 0 Å². The molecular weight excluding hydrogens is 342 g/mol. The molecule has 3 fully saturated rings. The largest absolute Gasteiger partial charge is 0.481 e. The number of nitrogens with zero attached hydrogens (tertiary/aromatic N) is 3. The van der Waals surface area contributed by atoms with E-state index in [1.807, 2.05) is 40.1 Å². The number of hydrogen-bond acceptors (Lipinski definition) is 4. The van der Waals surface area contributed by atoms with E-state index < -0.39 is 0 Å². The monoisotopic (exact) mass is 365 g/mol. The van der Waals surface area contributed by atoms with Gasteiger partial charge in [0, 0.05) is 49.1 Å². The molecule has 2 amide bonds. The van der Waals surface area contributed by atoms with Crippen LogP contribution in [0.25, 0.3) is 0 Å². The Morgan fingerprint density at radius 2 is 1.81 bits per heavy atom. The molecule has 2 atom stereocenters. The molecule has 0 unspecified atom stereocenters. The normalized spacial score (nSPS) is 21.7. The van der Waals surface area contributed by atoms with Crippen molar-refractivity contribution in [3.63, 3.8) is 0 Å². The first kappa shape index (κ1) is 17.5. The van der Waals surface area contributed by atoms with Crippen LogP contribution in [0.4, 0.5) is 0 Å². The number of amides is 2. The number of carbonyl (C=O) groups is 2. The van der Waals surface area contributed by atoms with Gasteiger partial charge in [-0.3, -0.25) is 9.59 Å². The zero-order valence-electron chi connectivity index (χ0n) is 15.4. The van der Waals surface area contributed by atoms with Crippen molar-refractivity contribution in [2.24, 2.45) is 5.92 Å². The molecule has 0 N–H and O–H groups in total. The highest BCUT2D eigenvalue weighted by molar-refractivity contribution is 5.96. The number of methoxy groups -OCH3 is 1. The number of aromatic nitrogens is 1. The summed E-state index contributed by atoms with van der Waals surface area (Å²) < 4.78 is 5.14. The number of carbonyl (C=O) groups excluding carboxylic acids is 2. The van der Waals surface area contributed by atoms with Crippen molar-refractivity contribution in [1.82, 2.24) is 14.8 Å². The fraction of sp³-hybridized carbons (Fsp3) is 0.381. The zero-order chi connectivity index (χ0) is 18.8. The summed E-state index contributed by atoms with van der Waals surface area (Å²) in [5, 5.41) is 0. The van der Waals surface area contributed by atoms with E-state index in [-0.39, 0.29) is 17.9 Å². The summed E-state index contributed by atoms with van der Waals surface area (Å²) >= 11 is 0. The van der Waals surface area contributed by atoms with Crippen LogP contribution in [0.1, 0.15) is 33.6 Å². The van der Waals surface area contributed by atoms with Crippen molar-refractivity contribution in [2.45, 2.75) is 18.9 Å². The Balaban J connectivity index is 1.54. The molecule has 6 nitrogen and oxygen atoms in total. The quantitative estimate of drug-likeness (QED) is 0.838. The SMILES string of the molecule is COc1cc(C(=O)N2C[C@H]3CC[C@@H]2CN(C(=O)c2ccccc2)C3)ccn1. The summed E-state index contributed by atoms with van der Waals surface area (Å²) in [6, 6.07) is 12.8. The van der Waals surface area contributed by atoms with Gasteiger partial charge in [0.15, 0.2) is 0 Å². The molecule has 1 aromatic carbocycles. The first-order valence-electron chi connectivity index (χ1n) is 9.31. The molecule has 1 aromatic heterocycles. The standard InChI is InChI=1S/C21H23N3O3/c1-27-19-11-17(9-10-22-19)21(26)24-13-15-7-8-18(24)14-23(12-15)20(25)16-5-3-2-4-6-16/h2-6,9-11,15,18H,7-8,12-14H2,1H3/t15-,18+/m0/s1. The molecule has 0 aliphatic carbocycles.